The first-order valence-electron chi connectivity index (χ1n) is 6.67. The van der Waals surface area contributed by atoms with Gasteiger partial charge in [-0.15, -0.1) is 11.3 Å². The minimum absolute atomic E-state index is 0.674. The first-order valence-corrected chi connectivity index (χ1v) is 7.55. The number of anilines is 1. The topological polar surface area (TPSA) is 42.2 Å². The van der Waals surface area contributed by atoms with Gasteiger partial charge in [0.15, 0.2) is 0 Å². The Bertz CT molecular complexity index is 508. The van der Waals surface area contributed by atoms with Gasteiger partial charge in [-0.3, -0.25) is 0 Å². The van der Waals surface area contributed by atoms with Crippen molar-refractivity contribution in [2.45, 2.75) is 26.8 Å². The molecule has 19 heavy (non-hydrogen) atoms. The molecular weight excluding hydrogens is 254 g/mol. The van der Waals surface area contributed by atoms with Gasteiger partial charge in [0.2, 0.25) is 0 Å². The summed E-state index contributed by atoms with van der Waals surface area (Å²) in [5, 5.41) is 2.12. The maximum atomic E-state index is 5.59. The van der Waals surface area contributed by atoms with Crippen LogP contribution in [0.25, 0.3) is 0 Å². The van der Waals surface area contributed by atoms with Crippen molar-refractivity contribution in [2.75, 3.05) is 18.0 Å². The van der Waals surface area contributed by atoms with E-state index in [4.69, 9.17) is 5.73 Å². The van der Waals surface area contributed by atoms with Crippen molar-refractivity contribution >= 4 is 17.2 Å². The Morgan fingerprint density at radius 1 is 1.42 bits per heavy atom. The number of nitrogens with two attached hydrogens (primary N) is 1. The van der Waals surface area contributed by atoms with Gasteiger partial charge >= 0.3 is 0 Å². The summed E-state index contributed by atoms with van der Waals surface area (Å²) in [6, 6.07) is 6.47. The van der Waals surface area contributed by atoms with E-state index in [1.807, 2.05) is 6.20 Å². The number of aryl methyl sites for hydroxylation is 1. The van der Waals surface area contributed by atoms with E-state index >= 15 is 0 Å². The fourth-order valence-electron chi connectivity index (χ4n) is 2.19. The highest BCUT2D eigenvalue weighted by Gasteiger charge is 2.10. The van der Waals surface area contributed by atoms with Gasteiger partial charge < -0.3 is 10.6 Å². The summed E-state index contributed by atoms with van der Waals surface area (Å²) in [4.78, 5) is 8.31. The molecule has 0 fully saturated rings. The van der Waals surface area contributed by atoms with E-state index in [9.17, 15) is 0 Å². The quantitative estimate of drug-likeness (QED) is 0.881. The van der Waals surface area contributed by atoms with E-state index < -0.39 is 0 Å². The van der Waals surface area contributed by atoms with Crippen LogP contribution in [0.2, 0.25) is 0 Å². The van der Waals surface area contributed by atoms with Crippen LogP contribution in [0.5, 0.6) is 0 Å². The number of nitrogens with zero attached hydrogens (tertiary/aromatic N) is 2. The van der Waals surface area contributed by atoms with E-state index in [0.717, 1.165) is 25.3 Å². The molecule has 2 N–H and O–H groups in total. The van der Waals surface area contributed by atoms with Crippen LogP contribution in [0, 0.1) is 6.92 Å². The van der Waals surface area contributed by atoms with Crippen molar-refractivity contribution in [3.05, 3.63) is 45.8 Å². The molecule has 102 valence electrons. The second-order valence-corrected chi connectivity index (χ2v) is 5.65. The molecule has 0 bridgehead atoms. The van der Waals surface area contributed by atoms with Crippen LogP contribution in [-0.2, 0) is 13.0 Å². The second-order valence-electron chi connectivity index (χ2n) is 4.62. The summed E-state index contributed by atoms with van der Waals surface area (Å²) in [7, 11) is 0. The number of thiophene rings is 1. The maximum Gasteiger partial charge on any atom is 0.131 e. The van der Waals surface area contributed by atoms with Crippen LogP contribution in [0.1, 0.15) is 22.9 Å². The third-order valence-corrected chi connectivity index (χ3v) is 4.01. The van der Waals surface area contributed by atoms with E-state index in [1.54, 1.807) is 11.3 Å². The number of aromatic nitrogens is 1. The second kappa shape index (κ2) is 6.68. The predicted octanol–water partition coefficient (Wildman–Crippen LogP) is 2.98. The minimum atomic E-state index is 0.674. The third-order valence-electron chi connectivity index (χ3n) is 3.15. The van der Waals surface area contributed by atoms with Crippen molar-refractivity contribution in [1.29, 1.82) is 0 Å². The lowest BCUT2D eigenvalue weighted by atomic mass is 10.1. The fraction of sp³-hybridized carbons (Fsp3) is 0.400. The average Bonchev–Trinajstić information content (AvgIpc) is 2.90. The lowest BCUT2D eigenvalue weighted by Gasteiger charge is -2.23. The van der Waals surface area contributed by atoms with E-state index in [2.05, 4.69) is 47.3 Å². The van der Waals surface area contributed by atoms with Crippen LogP contribution in [0.15, 0.2) is 29.8 Å². The minimum Gasteiger partial charge on any atom is -0.352 e. The highest BCUT2D eigenvalue weighted by Crippen LogP contribution is 2.21. The van der Waals surface area contributed by atoms with E-state index in [0.29, 0.717) is 6.54 Å². The smallest absolute Gasteiger partial charge is 0.131 e. The SMILES string of the molecule is CCN(Cc1cccs1)c1ncc(CCN)cc1C. The van der Waals surface area contributed by atoms with Gasteiger partial charge in [0.25, 0.3) is 0 Å². The molecule has 0 aromatic carbocycles. The van der Waals surface area contributed by atoms with Gasteiger partial charge in [0.1, 0.15) is 5.82 Å². The zero-order valence-electron chi connectivity index (χ0n) is 11.6. The molecule has 2 aromatic heterocycles. The highest BCUT2D eigenvalue weighted by atomic mass is 32.1. The molecule has 0 aliphatic heterocycles. The number of hydrogen-bond acceptors (Lipinski definition) is 4. The largest absolute Gasteiger partial charge is 0.352 e. The maximum absolute atomic E-state index is 5.59. The molecule has 0 spiro atoms. The molecule has 0 atom stereocenters. The van der Waals surface area contributed by atoms with Crippen molar-refractivity contribution in [2.24, 2.45) is 5.73 Å². The molecule has 2 rings (SSSR count). The highest BCUT2D eigenvalue weighted by molar-refractivity contribution is 7.09. The van der Waals surface area contributed by atoms with Crippen molar-refractivity contribution in [3.63, 3.8) is 0 Å². The van der Waals surface area contributed by atoms with E-state index in [1.165, 1.54) is 16.0 Å². The summed E-state index contributed by atoms with van der Waals surface area (Å²) in [6.07, 6.45) is 2.84. The molecule has 0 amide bonds. The lowest BCUT2D eigenvalue weighted by molar-refractivity contribution is 0.814. The van der Waals surface area contributed by atoms with Crippen molar-refractivity contribution < 1.29 is 0 Å². The summed E-state index contributed by atoms with van der Waals surface area (Å²) < 4.78 is 0. The molecule has 0 unspecified atom stereocenters. The average molecular weight is 275 g/mol. The van der Waals surface area contributed by atoms with Crippen molar-refractivity contribution in [3.8, 4) is 0 Å². The summed E-state index contributed by atoms with van der Waals surface area (Å²) in [5.41, 5.74) is 8.03. The molecule has 0 aliphatic rings. The van der Waals surface area contributed by atoms with Gasteiger partial charge in [-0.05, 0) is 49.4 Å². The monoisotopic (exact) mass is 275 g/mol. The van der Waals surface area contributed by atoms with Crippen LogP contribution in [0.3, 0.4) is 0 Å². The van der Waals surface area contributed by atoms with Gasteiger partial charge in [-0.1, -0.05) is 12.1 Å². The Kier molecular flexibility index (Phi) is 4.93. The van der Waals surface area contributed by atoms with Crippen LogP contribution in [0.4, 0.5) is 5.82 Å². The Morgan fingerprint density at radius 3 is 2.84 bits per heavy atom. The first kappa shape index (κ1) is 14.0. The van der Waals surface area contributed by atoms with Crippen molar-refractivity contribution in [1.82, 2.24) is 4.98 Å². The standard InChI is InChI=1S/C15H21N3S/c1-3-18(11-14-5-4-8-19-14)15-12(2)9-13(6-7-16)10-17-15/h4-5,8-10H,3,6-7,11,16H2,1-2H3. The molecule has 0 radical (unpaired) electrons. The van der Waals surface area contributed by atoms with Crippen LogP contribution >= 0.6 is 11.3 Å². The summed E-state index contributed by atoms with van der Waals surface area (Å²) in [6.45, 7) is 6.86. The van der Waals surface area contributed by atoms with Gasteiger partial charge in [0.05, 0.1) is 6.54 Å². The summed E-state index contributed by atoms with van der Waals surface area (Å²) >= 11 is 1.79. The van der Waals surface area contributed by atoms with Gasteiger partial charge in [-0.2, -0.15) is 0 Å². The summed E-state index contributed by atoms with van der Waals surface area (Å²) in [5.74, 6) is 1.08. The third kappa shape index (κ3) is 3.55. The molecule has 0 saturated carbocycles. The van der Waals surface area contributed by atoms with Gasteiger partial charge in [-0.25, -0.2) is 4.98 Å². The van der Waals surface area contributed by atoms with Crippen LogP contribution < -0.4 is 10.6 Å². The molecule has 0 saturated heterocycles. The van der Waals surface area contributed by atoms with Crippen LogP contribution in [-0.4, -0.2) is 18.1 Å². The number of rotatable bonds is 6. The molecule has 2 aromatic rings. The first-order chi connectivity index (χ1) is 9.24. The molecular formula is C15H21N3S. The Labute approximate surface area is 119 Å². The normalized spacial score (nSPS) is 10.7. The predicted molar refractivity (Wildman–Crippen MR) is 82.8 cm³/mol. The fourth-order valence-corrected chi connectivity index (χ4v) is 2.91. The van der Waals surface area contributed by atoms with E-state index in [-0.39, 0.29) is 0 Å². The molecule has 2 heterocycles. The molecule has 4 heteroatoms. The number of pyridine rings is 1. The molecule has 0 aliphatic carbocycles. The number of hydrogen-bond donors (Lipinski definition) is 1. The zero-order valence-corrected chi connectivity index (χ0v) is 12.4. The van der Waals surface area contributed by atoms with Gasteiger partial charge in [0, 0.05) is 17.6 Å². The zero-order chi connectivity index (χ0) is 13.7. The Hall–Kier alpha value is -1.39. The molecule has 3 nitrogen and oxygen atoms in total. The lowest BCUT2D eigenvalue weighted by Crippen LogP contribution is -2.23. The Balaban J connectivity index is 2.18. The Morgan fingerprint density at radius 2 is 2.26 bits per heavy atom.